The molecule has 0 N–H and O–H groups in total. The molecule has 70 valence electrons. The van der Waals surface area contributed by atoms with Crippen LogP contribution in [0.15, 0.2) is 24.3 Å². The van der Waals surface area contributed by atoms with Gasteiger partial charge < -0.3 is 9.47 Å². The summed E-state index contributed by atoms with van der Waals surface area (Å²) in [5, 5.41) is 0. The van der Waals surface area contributed by atoms with Crippen LogP contribution in [0.3, 0.4) is 0 Å². The van der Waals surface area contributed by atoms with E-state index in [1.165, 1.54) is 5.56 Å². The second-order valence-electron chi connectivity index (χ2n) is 3.84. The van der Waals surface area contributed by atoms with Gasteiger partial charge in [-0.3, -0.25) is 0 Å². The first-order chi connectivity index (χ1) is 6.18. The Bertz CT molecular complexity index is 303. The molecular formula is C11H14O2. The Morgan fingerprint density at radius 3 is 2.92 bits per heavy atom. The van der Waals surface area contributed by atoms with Crippen molar-refractivity contribution in [3.8, 4) is 5.75 Å². The van der Waals surface area contributed by atoms with Crippen LogP contribution in [0.1, 0.15) is 12.5 Å². The normalized spacial score (nSPS) is 25.7. The van der Waals surface area contributed by atoms with Gasteiger partial charge in [-0.15, -0.1) is 0 Å². The SMILES string of the molecule is Cc1cccc(OCC2(C)CO2)c1. The Kier molecular flexibility index (Phi) is 2.00. The molecule has 0 aliphatic carbocycles. The second-order valence-corrected chi connectivity index (χ2v) is 3.84. The quantitative estimate of drug-likeness (QED) is 0.661. The van der Waals surface area contributed by atoms with E-state index in [1.807, 2.05) is 18.2 Å². The maximum atomic E-state index is 5.59. The summed E-state index contributed by atoms with van der Waals surface area (Å²) in [5.74, 6) is 0.928. The molecule has 2 rings (SSSR count). The molecular weight excluding hydrogens is 164 g/mol. The zero-order valence-electron chi connectivity index (χ0n) is 8.04. The number of aryl methyl sites for hydroxylation is 1. The summed E-state index contributed by atoms with van der Waals surface area (Å²) in [4.78, 5) is 0. The lowest BCUT2D eigenvalue weighted by molar-refractivity contribution is 0.202. The minimum atomic E-state index is -0.0241. The van der Waals surface area contributed by atoms with Gasteiger partial charge in [0.2, 0.25) is 0 Å². The number of rotatable bonds is 3. The first-order valence-corrected chi connectivity index (χ1v) is 4.51. The molecule has 1 saturated heterocycles. The Labute approximate surface area is 78.5 Å². The van der Waals surface area contributed by atoms with Crippen LogP contribution in [-0.4, -0.2) is 18.8 Å². The van der Waals surface area contributed by atoms with Crippen LogP contribution in [0.4, 0.5) is 0 Å². The molecule has 1 heterocycles. The summed E-state index contributed by atoms with van der Waals surface area (Å²) in [7, 11) is 0. The average molecular weight is 178 g/mol. The molecule has 2 heteroatoms. The van der Waals surface area contributed by atoms with E-state index in [0.717, 1.165) is 12.4 Å². The van der Waals surface area contributed by atoms with E-state index in [9.17, 15) is 0 Å². The molecule has 1 aromatic rings. The van der Waals surface area contributed by atoms with Crippen molar-refractivity contribution in [2.24, 2.45) is 0 Å². The molecule has 1 atom stereocenters. The van der Waals surface area contributed by atoms with Gasteiger partial charge in [-0.1, -0.05) is 12.1 Å². The lowest BCUT2D eigenvalue weighted by atomic mass is 10.2. The van der Waals surface area contributed by atoms with Gasteiger partial charge in [0.05, 0.1) is 6.61 Å². The van der Waals surface area contributed by atoms with Crippen LogP contribution >= 0.6 is 0 Å². The van der Waals surface area contributed by atoms with Gasteiger partial charge in [0.25, 0.3) is 0 Å². The lowest BCUT2D eigenvalue weighted by Crippen LogP contribution is -2.16. The maximum Gasteiger partial charge on any atom is 0.123 e. The van der Waals surface area contributed by atoms with Crippen molar-refractivity contribution >= 4 is 0 Å². The van der Waals surface area contributed by atoms with Crippen molar-refractivity contribution in [3.05, 3.63) is 29.8 Å². The summed E-state index contributed by atoms with van der Waals surface area (Å²) < 4.78 is 10.8. The summed E-state index contributed by atoms with van der Waals surface area (Å²) in [6.07, 6.45) is 0. The van der Waals surface area contributed by atoms with Crippen molar-refractivity contribution in [2.75, 3.05) is 13.2 Å². The van der Waals surface area contributed by atoms with Crippen molar-refractivity contribution in [3.63, 3.8) is 0 Å². The average Bonchev–Trinajstić information content (AvgIpc) is 2.82. The van der Waals surface area contributed by atoms with Gasteiger partial charge >= 0.3 is 0 Å². The summed E-state index contributed by atoms with van der Waals surface area (Å²) >= 11 is 0. The summed E-state index contributed by atoms with van der Waals surface area (Å²) in [6.45, 7) is 5.58. The summed E-state index contributed by atoms with van der Waals surface area (Å²) in [5.41, 5.74) is 1.20. The van der Waals surface area contributed by atoms with E-state index in [-0.39, 0.29) is 5.60 Å². The molecule has 1 aliphatic rings. The van der Waals surface area contributed by atoms with E-state index in [4.69, 9.17) is 9.47 Å². The van der Waals surface area contributed by atoms with E-state index < -0.39 is 0 Å². The number of benzene rings is 1. The third kappa shape index (κ3) is 2.22. The van der Waals surface area contributed by atoms with Crippen LogP contribution in [0.2, 0.25) is 0 Å². The van der Waals surface area contributed by atoms with Crippen LogP contribution in [0.25, 0.3) is 0 Å². The fraction of sp³-hybridized carbons (Fsp3) is 0.455. The third-order valence-electron chi connectivity index (χ3n) is 2.17. The molecule has 1 aliphatic heterocycles. The van der Waals surface area contributed by atoms with Gasteiger partial charge in [-0.05, 0) is 31.5 Å². The highest BCUT2D eigenvalue weighted by Crippen LogP contribution is 2.26. The van der Waals surface area contributed by atoms with E-state index in [1.54, 1.807) is 0 Å². The molecule has 0 radical (unpaired) electrons. The molecule has 0 amide bonds. The highest BCUT2D eigenvalue weighted by molar-refractivity contribution is 5.27. The topological polar surface area (TPSA) is 21.8 Å². The minimum Gasteiger partial charge on any atom is -0.490 e. The van der Waals surface area contributed by atoms with E-state index in [2.05, 4.69) is 19.9 Å². The number of hydrogen-bond acceptors (Lipinski definition) is 2. The molecule has 1 aromatic carbocycles. The zero-order valence-corrected chi connectivity index (χ0v) is 8.04. The fourth-order valence-electron chi connectivity index (χ4n) is 1.15. The van der Waals surface area contributed by atoms with Gasteiger partial charge in [0, 0.05) is 0 Å². The van der Waals surface area contributed by atoms with Crippen molar-refractivity contribution < 1.29 is 9.47 Å². The van der Waals surface area contributed by atoms with Crippen LogP contribution in [-0.2, 0) is 4.74 Å². The molecule has 0 saturated carbocycles. The monoisotopic (exact) mass is 178 g/mol. The Morgan fingerprint density at radius 1 is 1.54 bits per heavy atom. The standard InChI is InChI=1S/C11H14O2/c1-9-4-3-5-10(6-9)12-7-11(2)8-13-11/h3-6H,7-8H2,1-2H3. The van der Waals surface area contributed by atoms with Gasteiger partial charge in [0.1, 0.15) is 18.0 Å². The maximum absolute atomic E-state index is 5.59. The third-order valence-corrected chi connectivity index (χ3v) is 2.17. The number of ether oxygens (including phenoxy) is 2. The molecule has 0 spiro atoms. The molecule has 1 unspecified atom stereocenters. The molecule has 0 aromatic heterocycles. The Balaban J connectivity index is 1.94. The first-order valence-electron chi connectivity index (χ1n) is 4.51. The number of epoxide rings is 1. The van der Waals surface area contributed by atoms with E-state index in [0.29, 0.717) is 6.61 Å². The van der Waals surface area contributed by atoms with Gasteiger partial charge in [0.15, 0.2) is 0 Å². The predicted molar refractivity (Wildman–Crippen MR) is 51.0 cm³/mol. The molecule has 1 fully saturated rings. The second kappa shape index (κ2) is 3.04. The lowest BCUT2D eigenvalue weighted by Gasteiger charge is -2.08. The summed E-state index contributed by atoms with van der Waals surface area (Å²) in [6, 6.07) is 8.06. The highest BCUT2D eigenvalue weighted by Gasteiger charge is 2.40. The predicted octanol–water partition coefficient (Wildman–Crippen LogP) is 2.16. The van der Waals surface area contributed by atoms with Crippen molar-refractivity contribution in [2.45, 2.75) is 19.4 Å². The Morgan fingerprint density at radius 2 is 2.31 bits per heavy atom. The van der Waals surface area contributed by atoms with Crippen LogP contribution in [0.5, 0.6) is 5.75 Å². The molecule has 13 heavy (non-hydrogen) atoms. The minimum absolute atomic E-state index is 0.0241. The van der Waals surface area contributed by atoms with Crippen LogP contribution in [0, 0.1) is 6.92 Å². The smallest absolute Gasteiger partial charge is 0.123 e. The van der Waals surface area contributed by atoms with E-state index >= 15 is 0 Å². The molecule has 2 nitrogen and oxygen atoms in total. The first kappa shape index (κ1) is 8.57. The van der Waals surface area contributed by atoms with Crippen molar-refractivity contribution in [1.29, 1.82) is 0 Å². The van der Waals surface area contributed by atoms with Gasteiger partial charge in [-0.2, -0.15) is 0 Å². The molecule has 0 bridgehead atoms. The fourth-order valence-corrected chi connectivity index (χ4v) is 1.15. The largest absolute Gasteiger partial charge is 0.490 e. The van der Waals surface area contributed by atoms with Crippen molar-refractivity contribution in [1.82, 2.24) is 0 Å². The number of hydrogen-bond donors (Lipinski definition) is 0. The zero-order chi connectivity index (χ0) is 9.31. The Hall–Kier alpha value is -1.02. The van der Waals surface area contributed by atoms with Gasteiger partial charge in [-0.25, -0.2) is 0 Å². The highest BCUT2D eigenvalue weighted by atomic mass is 16.6. The van der Waals surface area contributed by atoms with Crippen LogP contribution < -0.4 is 4.74 Å².